The van der Waals surface area contributed by atoms with E-state index in [2.05, 4.69) is 13.8 Å². The van der Waals surface area contributed by atoms with Crippen molar-refractivity contribution in [3.63, 3.8) is 0 Å². The van der Waals surface area contributed by atoms with Crippen molar-refractivity contribution in [3.05, 3.63) is 22.7 Å². The lowest BCUT2D eigenvalue weighted by Gasteiger charge is -2.19. The second kappa shape index (κ2) is 6.86. The van der Waals surface area contributed by atoms with Crippen LogP contribution in [0.4, 0.5) is 0 Å². The molecule has 0 aromatic heterocycles. The van der Waals surface area contributed by atoms with Crippen molar-refractivity contribution in [2.45, 2.75) is 32.8 Å². The maximum absolute atomic E-state index is 10.2. The van der Waals surface area contributed by atoms with Gasteiger partial charge in [0.15, 0.2) is 11.5 Å². The number of aliphatic hydroxyl groups excluding tert-OH is 1. The molecule has 0 radical (unpaired) electrons. The largest absolute Gasteiger partial charge is 0.493 e. The average Bonchev–Trinajstić information content (AvgIpc) is 2.37. The molecule has 0 bridgehead atoms. The van der Waals surface area contributed by atoms with E-state index in [1.165, 1.54) is 7.11 Å². The van der Waals surface area contributed by atoms with E-state index in [4.69, 9.17) is 21.1 Å². The third kappa shape index (κ3) is 3.30. The van der Waals surface area contributed by atoms with E-state index in [-0.39, 0.29) is 0 Å². The number of methoxy groups -OCH3 is 2. The fourth-order valence-electron chi connectivity index (χ4n) is 1.84. The molecule has 0 aliphatic carbocycles. The van der Waals surface area contributed by atoms with Crippen LogP contribution in [-0.2, 0) is 0 Å². The summed E-state index contributed by atoms with van der Waals surface area (Å²) in [5, 5.41) is 10.6. The summed E-state index contributed by atoms with van der Waals surface area (Å²) in [5.74, 6) is 1.49. The molecule has 2 atom stereocenters. The first-order chi connectivity index (χ1) is 8.54. The van der Waals surface area contributed by atoms with Gasteiger partial charge in [0.25, 0.3) is 0 Å². The number of benzene rings is 1. The third-order valence-electron chi connectivity index (χ3n) is 3.20. The number of aliphatic hydroxyl groups is 1. The van der Waals surface area contributed by atoms with Crippen molar-refractivity contribution >= 4 is 11.6 Å². The lowest BCUT2D eigenvalue weighted by Crippen LogP contribution is -2.05. The first kappa shape index (κ1) is 15.1. The van der Waals surface area contributed by atoms with E-state index in [0.29, 0.717) is 34.4 Å². The SMILES string of the molecule is CCC(C)CC(O)c1ccc(OC)c(OC)c1Cl. The van der Waals surface area contributed by atoms with Crippen LogP contribution >= 0.6 is 11.6 Å². The zero-order valence-electron chi connectivity index (χ0n) is 11.4. The van der Waals surface area contributed by atoms with Crippen molar-refractivity contribution in [2.75, 3.05) is 14.2 Å². The first-order valence-corrected chi connectivity index (χ1v) is 6.51. The molecule has 18 heavy (non-hydrogen) atoms. The van der Waals surface area contributed by atoms with Crippen LogP contribution in [0.5, 0.6) is 11.5 Å². The Morgan fingerprint density at radius 2 is 1.94 bits per heavy atom. The summed E-state index contributed by atoms with van der Waals surface area (Å²) >= 11 is 6.25. The minimum Gasteiger partial charge on any atom is -0.493 e. The zero-order chi connectivity index (χ0) is 13.7. The Labute approximate surface area is 114 Å². The lowest BCUT2D eigenvalue weighted by atomic mass is 9.96. The fourth-order valence-corrected chi connectivity index (χ4v) is 2.20. The molecule has 1 rings (SSSR count). The van der Waals surface area contributed by atoms with Gasteiger partial charge in [0.2, 0.25) is 0 Å². The smallest absolute Gasteiger partial charge is 0.179 e. The molecule has 0 spiro atoms. The second-order valence-corrected chi connectivity index (χ2v) is 4.85. The fraction of sp³-hybridized carbons (Fsp3) is 0.571. The van der Waals surface area contributed by atoms with Crippen molar-refractivity contribution in [2.24, 2.45) is 5.92 Å². The summed E-state index contributed by atoms with van der Waals surface area (Å²) in [4.78, 5) is 0. The topological polar surface area (TPSA) is 38.7 Å². The quantitative estimate of drug-likeness (QED) is 0.855. The number of ether oxygens (including phenoxy) is 2. The van der Waals surface area contributed by atoms with Crippen molar-refractivity contribution in [3.8, 4) is 11.5 Å². The van der Waals surface area contributed by atoms with Gasteiger partial charge in [-0.3, -0.25) is 0 Å². The van der Waals surface area contributed by atoms with Gasteiger partial charge in [-0.1, -0.05) is 37.9 Å². The van der Waals surface area contributed by atoms with Crippen LogP contribution in [0.2, 0.25) is 5.02 Å². The van der Waals surface area contributed by atoms with Gasteiger partial charge >= 0.3 is 0 Å². The number of hydrogen-bond acceptors (Lipinski definition) is 3. The summed E-state index contributed by atoms with van der Waals surface area (Å²) in [6.07, 6.45) is 1.14. The standard InChI is InChI=1S/C14H21ClO3/c1-5-9(2)8-11(16)10-6-7-12(17-3)14(18-4)13(10)15/h6-7,9,11,16H,5,8H2,1-4H3. The summed E-state index contributed by atoms with van der Waals surface area (Å²) in [7, 11) is 3.10. The molecule has 2 unspecified atom stereocenters. The zero-order valence-corrected chi connectivity index (χ0v) is 12.1. The summed E-state index contributed by atoms with van der Waals surface area (Å²) in [5.41, 5.74) is 0.689. The molecule has 0 aliphatic rings. The molecule has 0 aliphatic heterocycles. The van der Waals surface area contributed by atoms with Crippen LogP contribution < -0.4 is 9.47 Å². The molecule has 0 amide bonds. The van der Waals surface area contributed by atoms with E-state index >= 15 is 0 Å². The second-order valence-electron chi connectivity index (χ2n) is 4.47. The average molecular weight is 273 g/mol. The molecule has 0 fully saturated rings. The Kier molecular flexibility index (Phi) is 5.76. The maximum Gasteiger partial charge on any atom is 0.179 e. The van der Waals surface area contributed by atoms with Crippen molar-refractivity contribution in [1.29, 1.82) is 0 Å². The van der Waals surface area contributed by atoms with Gasteiger partial charge in [-0.15, -0.1) is 0 Å². The summed E-state index contributed by atoms with van der Waals surface area (Å²) in [6, 6.07) is 3.55. The maximum atomic E-state index is 10.2. The molecule has 3 nitrogen and oxygen atoms in total. The molecule has 102 valence electrons. The van der Waals surface area contributed by atoms with Crippen LogP contribution in [-0.4, -0.2) is 19.3 Å². The summed E-state index contributed by atoms with van der Waals surface area (Å²) < 4.78 is 10.4. The molecular weight excluding hydrogens is 252 g/mol. The molecule has 1 aromatic rings. The van der Waals surface area contributed by atoms with E-state index in [0.717, 1.165) is 6.42 Å². The summed E-state index contributed by atoms with van der Waals surface area (Å²) in [6.45, 7) is 4.21. The molecular formula is C14H21ClO3. The van der Waals surface area contributed by atoms with Crippen molar-refractivity contribution in [1.82, 2.24) is 0 Å². The molecule has 0 heterocycles. The highest BCUT2D eigenvalue weighted by Gasteiger charge is 2.19. The highest BCUT2D eigenvalue weighted by molar-refractivity contribution is 6.33. The monoisotopic (exact) mass is 272 g/mol. The van der Waals surface area contributed by atoms with Gasteiger partial charge in [-0.05, 0) is 18.4 Å². The van der Waals surface area contributed by atoms with E-state index in [1.807, 2.05) is 0 Å². The highest BCUT2D eigenvalue weighted by Crippen LogP contribution is 2.40. The minimum atomic E-state index is -0.577. The van der Waals surface area contributed by atoms with E-state index in [9.17, 15) is 5.11 Å². The first-order valence-electron chi connectivity index (χ1n) is 6.13. The van der Waals surface area contributed by atoms with Gasteiger partial charge in [0.1, 0.15) is 0 Å². The van der Waals surface area contributed by atoms with Gasteiger partial charge in [0, 0.05) is 5.56 Å². The van der Waals surface area contributed by atoms with Gasteiger partial charge in [-0.25, -0.2) is 0 Å². The Balaban J connectivity index is 3.03. The van der Waals surface area contributed by atoms with Crippen LogP contribution in [0.25, 0.3) is 0 Å². The lowest BCUT2D eigenvalue weighted by molar-refractivity contribution is 0.146. The Bertz CT molecular complexity index is 393. The Morgan fingerprint density at radius 1 is 1.28 bits per heavy atom. The molecule has 4 heteroatoms. The van der Waals surface area contributed by atoms with Gasteiger partial charge in [-0.2, -0.15) is 0 Å². The van der Waals surface area contributed by atoms with Gasteiger partial charge < -0.3 is 14.6 Å². The normalized spacial score (nSPS) is 14.1. The molecule has 0 saturated carbocycles. The predicted molar refractivity (Wildman–Crippen MR) is 73.6 cm³/mol. The number of hydrogen-bond donors (Lipinski definition) is 1. The van der Waals surface area contributed by atoms with Gasteiger partial charge in [0.05, 0.1) is 25.3 Å². The molecule has 1 aromatic carbocycles. The van der Waals surface area contributed by atoms with E-state index in [1.54, 1.807) is 19.2 Å². The van der Waals surface area contributed by atoms with Crippen molar-refractivity contribution < 1.29 is 14.6 Å². The highest BCUT2D eigenvalue weighted by atomic mass is 35.5. The van der Waals surface area contributed by atoms with Crippen LogP contribution in [0.3, 0.4) is 0 Å². The van der Waals surface area contributed by atoms with Crippen LogP contribution in [0.1, 0.15) is 38.4 Å². The number of rotatable bonds is 6. The Hall–Kier alpha value is -0.930. The molecule has 1 N–H and O–H groups in total. The Morgan fingerprint density at radius 3 is 2.44 bits per heavy atom. The van der Waals surface area contributed by atoms with Crippen LogP contribution in [0.15, 0.2) is 12.1 Å². The van der Waals surface area contributed by atoms with Crippen LogP contribution in [0, 0.1) is 5.92 Å². The third-order valence-corrected chi connectivity index (χ3v) is 3.59. The number of halogens is 1. The minimum absolute atomic E-state index is 0.424. The predicted octanol–water partition coefficient (Wildman–Crippen LogP) is 3.83. The molecule has 0 saturated heterocycles. The van der Waals surface area contributed by atoms with E-state index < -0.39 is 6.10 Å².